The maximum absolute atomic E-state index is 13.8. The van der Waals surface area contributed by atoms with E-state index in [1.54, 1.807) is 6.07 Å². The lowest BCUT2D eigenvalue weighted by molar-refractivity contribution is 0.475. The van der Waals surface area contributed by atoms with Crippen LogP contribution in [-0.4, -0.2) is 7.05 Å². The molecule has 1 heterocycles. The Morgan fingerprint density at radius 1 is 1.24 bits per heavy atom. The van der Waals surface area contributed by atoms with Crippen molar-refractivity contribution in [3.63, 3.8) is 0 Å². The molecule has 0 bridgehead atoms. The molecule has 1 unspecified atom stereocenters. The molecule has 0 aliphatic heterocycles. The smallest absolute Gasteiger partial charge is 0.169 e. The summed E-state index contributed by atoms with van der Waals surface area (Å²) >= 11 is 5.78. The van der Waals surface area contributed by atoms with E-state index in [0.717, 1.165) is 19.0 Å². The molecule has 3 aromatic rings. The average molecular weight is 460 g/mol. The molecule has 108 valence electrons. The van der Waals surface area contributed by atoms with Gasteiger partial charge in [0.2, 0.25) is 0 Å². The van der Waals surface area contributed by atoms with Gasteiger partial charge in [-0.3, -0.25) is 0 Å². The van der Waals surface area contributed by atoms with Crippen LogP contribution in [0.5, 0.6) is 0 Å². The van der Waals surface area contributed by atoms with Crippen molar-refractivity contribution in [1.29, 1.82) is 0 Å². The van der Waals surface area contributed by atoms with Crippen molar-refractivity contribution < 1.29 is 8.81 Å². The number of hydrogen-bond acceptors (Lipinski definition) is 2. The summed E-state index contributed by atoms with van der Waals surface area (Å²) in [7, 11) is 1.87. The zero-order valence-electron chi connectivity index (χ0n) is 11.2. The van der Waals surface area contributed by atoms with Crippen molar-refractivity contribution in [1.82, 2.24) is 5.32 Å². The topological polar surface area (TPSA) is 25.2 Å². The summed E-state index contributed by atoms with van der Waals surface area (Å²) in [5.41, 5.74) is 1.39. The fourth-order valence-electron chi connectivity index (χ4n) is 2.38. The minimum absolute atomic E-state index is 0.124. The number of halogens is 3. The molecule has 1 atom stereocenters. The molecule has 0 aliphatic rings. The third-order valence-electron chi connectivity index (χ3n) is 3.36. The van der Waals surface area contributed by atoms with Crippen LogP contribution < -0.4 is 5.32 Å². The fraction of sp³-hybridized carbons (Fsp3) is 0.125. The average Bonchev–Trinajstić information content (AvgIpc) is 2.89. The monoisotopic (exact) mass is 459 g/mol. The number of benzene rings is 2. The van der Waals surface area contributed by atoms with Crippen LogP contribution in [0.1, 0.15) is 17.4 Å². The first kappa shape index (κ1) is 15.0. The van der Waals surface area contributed by atoms with Gasteiger partial charge in [-0.15, -0.1) is 0 Å². The highest BCUT2D eigenvalue weighted by molar-refractivity contribution is 14.1. The van der Waals surface area contributed by atoms with E-state index in [0.29, 0.717) is 11.3 Å². The zero-order valence-corrected chi connectivity index (χ0v) is 14.9. The molecule has 1 aromatic heterocycles. The molecule has 0 saturated heterocycles. The SMILES string of the molecule is CNC(c1cc2cccc(F)c2o1)c1cc(Br)ccc1I. The molecule has 0 radical (unpaired) electrons. The number of nitrogens with one attached hydrogen (secondary N) is 1. The highest BCUT2D eigenvalue weighted by Crippen LogP contribution is 2.32. The Morgan fingerprint density at radius 2 is 2.05 bits per heavy atom. The van der Waals surface area contributed by atoms with Crippen molar-refractivity contribution in [2.75, 3.05) is 7.05 Å². The van der Waals surface area contributed by atoms with E-state index < -0.39 is 0 Å². The second kappa shape index (κ2) is 6.06. The van der Waals surface area contributed by atoms with Crippen LogP contribution in [0.3, 0.4) is 0 Å². The molecule has 0 saturated carbocycles. The molecule has 3 rings (SSSR count). The normalized spacial score (nSPS) is 12.8. The van der Waals surface area contributed by atoms with Crippen molar-refractivity contribution >= 4 is 49.5 Å². The Bertz CT molecular complexity index is 802. The van der Waals surface area contributed by atoms with Gasteiger partial charge in [-0.1, -0.05) is 28.1 Å². The van der Waals surface area contributed by atoms with Crippen molar-refractivity contribution in [2.24, 2.45) is 0 Å². The van der Waals surface area contributed by atoms with Crippen LogP contribution in [0.15, 0.2) is 51.4 Å². The van der Waals surface area contributed by atoms with E-state index in [2.05, 4.69) is 43.8 Å². The maximum atomic E-state index is 13.8. The van der Waals surface area contributed by atoms with E-state index in [4.69, 9.17) is 4.42 Å². The molecule has 2 nitrogen and oxygen atoms in total. The molecule has 0 amide bonds. The molecule has 5 heteroatoms. The highest BCUT2D eigenvalue weighted by atomic mass is 127. The maximum Gasteiger partial charge on any atom is 0.169 e. The van der Waals surface area contributed by atoms with Gasteiger partial charge in [0.05, 0.1) is 6.04 Å². The van der Waals surface area contributed by atoms with Gasteiger partial charge in [-0.25, -0.2) is 4.39 Å². The van der Waals surface area contributed by atoms with Crippen LogP contribution in [0.2, 0.25) is 0 Å². The largest absolute Gasteiger partial charge is 0.456 e. The molecule has 2 aromatic carbocycles. The van der Waals surface area contributed by atoms with E-state index in [-0.39, 0.29) is 11.9 Å². The molecular formula is C16H12BrFINO. The quantitative estimate of drug-likeness (QED) is 0.541. The summed E-state index contributed by atoms with van der Waals surface area (Å²) in [4.78, 5) is 0. The van der Waals surface area contributed by atoms with E-state index in [1.165, 1.54) is 6.07 Å². The number of fused-ring (bicyclic) bond motifs is 1. The lowest BCUT2D eigenvalue weighted by Gasteiger charge is -2.16. The van der Waals surface area contributed by atoms with Crippen LogP contribution >= 0.6 is 38.5 Å². The zero-order chi connectivity index (χ0) is 15.0. The first-order chi connectivity index (χ1) is 10.1. The lowest BCUT2D eigenvalue weighted by atomic mass is 10.0. The molecule has 0 spiro atoms. The van der Waals surface area contributed by atoms with E-state index >= 15 is 0 Å². The summed E-state index contributed by atoms with van der Waals surface area (Å²) in [6, 6.07) is 12.8. The number of furan rings is 1. The third kappa shape index (κ3) is 2.86. The predicted octanol–water partition coefficient (Wildman–Crippen LogP) is 5.25. The summed E-state index contributed by atoms with van der Waals surface area (Å²) in [6.07, 6.45) is 0. The molecule has 0 aliphatic carbocycles. The Hall–Kier alpha value is -0.920. The predicted molar refractivity (Wildman–Crippen MR) is 93.9 cm³/mol. The summed E-state index contributed by atoms with van der Waals surface area (Å²) in [6.45, 7) is 0. The van der Waals surface area contributed by atoms with Gasteiger partial charge in [0, 0.05) is 13.4 Å². The fourth-order valence-corrected chi connectivity index (χ4v) is 3.40. The van der Waals surface area contributed by atoms with Gasteiger partial charge in [0.15, 0.2) is 11.4 Å². The minimum atomic E-state index is -0.336. The van der Waals surface area contributed by atoms with Crippen molar-refractivity contribution in [2.45, 2.75) is 6.04 Å². The molecule has 1 N–H and O–H groups in total. The number of para-hydroxylation sites is 1. The van der Waals surface area contributed by atoms with E-state index in [9.17, 15) is 4.39 Å². The van der Waals surface area contributed by atoms with Crippen molar-refractivity contribution in [3.05, 3.63) is 67.6 Å². The van der Waals surface area contributed by atoms with Crippen LogP contribution in [0.4, 0.5) is 4.39 Å². The van der Waals surface area contributed by atoms with Gasteiger partial charge < -0.3 is 9.73 Å². The van der Waals surface area contributed by atoms with Gasteiger partial charge in [-0.05, 0) is 65.5 Å². The molecule has 0 fully saturated rings. The van der Waals surface area contributed by atoms with Crippen molar-refractivity contribution in [3.8, 4) is 0 Å². The second-order valence-electron chi connectivity index (χ2n) is 4.69. The van der Waals surface area contributed by atoms with Crippen LogP contribution in [0.25, 0.3) is 11.0 Å². The van der Waals surface area contributed by atoms with Crippen LogP contribution in [0, 0.1) is 9.39 Å². The van der Waals surface area contributed by atoms with Gasteiger partial charge in [0.1, 0.15) is 5.76 Å². The summed E-state index contributed by atoms with van der Waals surface area (Å²) in [5, 5.41) is 4.01. The second-order valence-corrected chi connectivity index (χ2v) is 6.77. The first-order valence-corrected chi connectivity index (χ1v) is 8.27. The summed E-state index contributed by atoms with van der Waals surface area (Å²) in [5.74, 6) is 0.367. The van der Waals surface area contributed by atoms with Gasteiger partial charge in [0.25, 0.3) is 0 Å². The number of rotatable bonds is 3. The Morgan fingerprint density at radius 3 is 2.76 bits per heavy atom. The van der Waals surface area contributed by atoms with Gasteiger partial charge >= 0.3 is 0 Å². The third-order valence-corrected chi connectivity index (χ3v) is 4.83. The minimum Gasteiger partial charge on any atom is -0.456 e. The Kier molecular flexibility index (Phi) is 4.33. The molecular weight excluding hydrogens is 448 g/mol. The van der Waals surface area contributed by atoms with E-state index in [1.807, 2.05) is 37.4 Å². The van der Waals surface area contributed by atoms with Gasteiger partial charge in [-0.2, -0.15) is 0 Å². The molecule has 21 heavy (non-hydrogen) atoms. The standard InChI is InChI=1S/C16H12BrFINO/c1-20-15(11-8-10(17)5-6-13(11)19)14-7-9-3-2-4-12(18)16(9)21-14/h2-8,15,20H,1H3. The number of hydrogen-bond donors (Lipinski definition) is 1. The Labute approximate surface area is 144 Å². The summed E-state index contributed by atoms with van der Waals surface area (Å²) < 4.78 is 21.7. The van der Waals surface area contributed by atoms with Crippen LogP contribution in [-0.2, 0) is 0 Å². The lowest BCUT2D eigenvalue weighted by Crippen LogP contribution is -2.18. The first-order valence-electron chi connectivity index (χ1n) is 6.40. The Balaban J connectivity index is 2.13. The highest BCUT2D eigenvalue weighted by Gasteiger charge is 2.20.